The summed E-state index contributed by atoms with van der Waals surface area (Å²) >= 11 is 0. The fourth-order valence-electron chi connectivity index (χ4n) is 3.98. The third-order valence-electron chi connectivity index (χ3n) is 5.32. The zero-order valence-corrected chi connectivity index (χ0v) is 19.3. The molecule has 7 heteroatoms. The SMILES string of the molecule is CC(=O)OCC1CN(C(=O)OC(C)(C)C)c2cc(OCc3ccccc3)c3ncccc3c21. The maximum atomic E-state index is 13.1. The molecule has 1 aliphatic rings. The maximum Gasteiger partial charge on any atom is 0.414 e. The minimum absolute atomic E-state index is 0.163. The Balaban J connectivity index is 1.77. The van der Waals surface area contributed by atoms with Crippen LogP contribution < -0.4 is 9.64 Å². The molecule has 0 N–H and O–H groups in total. The molecule has 0 bridgehead atoms. The molecule has 0 saturated carbocycles. The van der Waals surface area contributed by atoms with Crippen LogP contribution in [0, 0.1) is 0 Å². The van der Waals surface area contributed by atoms with Gasteiger partial charge in [0.05, 0.1) is 12.3 Å². The summed E-state index contributed by atoms with van der Waals surface area (Å²) < 4.78 is 17.1. The van der Waals surface area contributed by atoms with Crippen molar-refractivity contribution < 1.29 is 23.8 Å². The van der Waals surface area contributed by atoms with Gasteiger partial charge in [-0.05, 0) is 38.0 Å². The van der Waals surface area contributed by atoms with Crippen molar-refractivity contribution in [2.45, 2.75) is 45.8 Å². The summed E-state index contributed by atoms with van der Waals surface area (Å²) in [6.45, 7) is 7.74. The molecule has 3 aromatic rings. The number of ether oxygens (including phenoxy) is 3. The predicted octanol–water partition coefficient (Wildman–Crippen LogP) is 5.22. The smallest absolute Gasteiger partial charge is 0.414 e. The Kier molecular flexibility index (Phi) is 6.22. The summed E-state index contributed by atoms with van der Waals surface area (Å²) in [5, 5.41) is 0.862. The quantitative estimate of drug-likeness (QED) is 0.498. The fraction of sp³-hybridized carbons (Fsp3) is 0.346. The van der Waals surface area contributed by atoms with Crippen molar-refractivity contribution >= 4 is 28.7 Å². The second-order valence-electron chi connectivity index (χ2n) is 9.07. The number of esters is 1. The molecule has 1 aromatic heterocycles. The molecular formula is C26H28N2O5. The largest absolute Gasteiger partial charge is 0.487 e. The highest BCUT2D eigenvalue weighted by Gasteiger charge is 2.38. The molecule has 2 heterocycles. The number of carbonyl (C=O) groups excluding carboxylic acids is 2. The molecule has 4 rings (SSSR count). The first-order valence-electron chi connectivity index (χ1n) is 10.9. The number of pyridine rings is 1. The Bertz CT molecular complexity index is 1170. The third-order valence-corrected chi connectivity index (χ3v) is 5.32. The Hall–Kier alpha value is -3.61. The molecule has 0 spiro atoms. The maximum absolute atomic E-state index is 13.1. The van der Waals surface area contributed by atoms with Gasteiger partial charge in [0.2, 0.25) is 0 Å². The van der Waals surface area contributed by atoms with E-state index in [4.69, 9.17) is 14.2 Å². The predicted molar refractivity (Wildman–Crippen MR) is 125 cm³/mol. The van der Waals surface area contributed by atoms with Crippen molar-refractivity contribution in [1.82, 2.24) is 4.98 Å². The van der Waals surface area contributed by atoms with Gasteiger partial charge in [0.25, 0.3) is 0 Å². The average Bonchev–Trinajstić information content (AvgIpc) is 3.14. The van der Waals surface area contributed by atoms with Crippen LogP contribution in [0.25, 0.3) is 10.9 Å². The van der Waals surface area contributed by atoms with Gasteiger partial charge in [0.1, 0.15) is 23.5 Å². The van der Waals surface area contributed by atoms with Crippen LogP contribution in [0.3, 0.4) is 0 Å². The molecule has 2 aromatic carbocycles. The average molecular weight is 449 g/mol. The van der Waals surface area contributed by atoms with E-state index in [1.807, 2.05) is 69.3 Å². The lowest BCUT2D eigenvalue weighted by atomic mass is 9.97. The highest BCUT2D eigenvalue weighted by Crippen LogP contribution is 2.45. The molecule has 172 valence electrons. The molecule has 1 unspecified atom stereocenters. The Morgan fingerprint density at radius 3 is 2.58 bits per heavy atom. The summed E-state index contributed by atoms with van der Waals surface area (Å²) in [6, 6.07) is 15.5. The number of anilines is 1. The van der Waals surface area contributed by atoms with Gasteiger partial charge in [0, 0.05) is 37.0 Å². The number of carbonyl (C=O) groups is 2. The Labute approximate surface area is 193 Å². The summed E-state index contributed by atoms with van der Waals surface area (Å²) in [5.41, 5.74) is 2.67. The molecule has 0 saturated heterocycles. The normalized spacial score (nSPS) is 15.3. The van der Waals surface area contributed by atoms with Crippen molar-refractivity contribution in [3.8, 4) is 5.75 Å². The van der Waals surface area contributed by atoms with E-state index < -0.39 is 11.7 Å². The van der Waals surface area contributed by atoms with Gasteiger partial charge in [-0.1, -0.05) is 36.4 Å². The van der Waals surface area contributed by atoms with Gasteiger partial charge in [-0.25, -0.2) is 4.79 Å². The van der Waals surface area contributed by atoms with E-state index in [0.29, 0.717) is 30.1 Å². The van der Waals surface area contributed by atoms with Gasteiger partial charge in [-0.15, -0.1) is 0 Å². The molecule has 7 nitrogen and oxygen atoms in total. The van der Waals surface area contributed by atoms with Crippen molar-refractivity contribution in [3.63, 3.8) is 0 Å². The van der Waals surface area contributed by atoms with Crippen molar-refractivity contribution in [1.29, 1.82) is 0 Å². The topological polar surface area (TPSA) is 78.0 Å². The number of aromatic nitrogens is 1. The highest BCUT2D eigenvalue weighted by atomic mass is 16.6. The second-order valence-corrected chi connectivity index (χ2v) is 9.07. The molecule has 1 amide bonds. The van der Waals surface area contributed by atoms with Crippen LogP contribution in [-0.4, -0.2) is 35.8 Å². The fourth-order valence-corrected chi connectivity index (χ4v) is 3.98. The minimum Gasteiger partial charge on any atom is -0.487 e. The van der Waals surface area contributed by atoms with Crippen molar-refractivity contribution in [2.75, 3.05) is 18.1 Å². The van der Waals surface area contributed by atoms with Crippen LogP contribution in [0.2, 0.25) is 0 Å². The Morgan fingerprint density at radius 1 is 1.12 bits per heavy atom. The second kappa shape index (κ2) is 9.10. The number of nitrogens with zero attached hydrogens (tertiary/aromatic N) is 2. The highest BCUT2D eigenvalue weighted by molar-refractivity contribution is 6.00. The first kappa shape index (κ1) is 22.6. The number of benzene rings is 2. The van der Waals surface area contributed by atoms with Gasteiger partial charge >= 0.3 is 12.1 Å². The van der Waals surface area contributed by atoms with Gasteiger partial charge in [-0.2, -0.15) is 0 Å². The van der Waals surface area contributed by atoms with Crippen molar-refractivity contribution in [2.24, 2.45) is 0 Å². The van der Waals surface area contributed by atoms with E-state index >= 15 is 0 Å². The van der Waals surface area contributed by atoms with Gasteiger partial charge < -0.3 is 14.2 Å². The lowest BCUT2D eigenvalue weighted by Gasteiger charge is -2.25. The molecule has 0 fully saturated rings. The lowest BCUT2D eigenvalue weighted by Crippen LogP contribution is -2.36. The van der Waals surface area contributed by atoms with E-state index in [0.717, 1.165) is 16.5 Å². The van der Waals surface area contributed by atoms with Gasteiger partial charge in [-0.3, -0.25) is 14.7 Å². The number of rotatable bonds is 5. The monoisotopic (exact) mass is 448 g/mol. The van der Waals surface area contributed by atoms with Crippen LogP contribution >= 0.6 is 0 Å². The first-order valence-corrected chi connectivity index (χ1v) is 10.9. The number of amides is 1. The minimum atomic E-state index is -0.643. The van der Waals surface area contributed by atoms with E-state index in [-0.39, 0.29) is 18.5 Å². The number of hydrogen-bond acceptors (Lipinski definition) is 6. The zero-order chi connectivity index (χ0) is 23.6. The number of fused-ring (bicyclic) bond motifs is 3. The van der Waals surface area contributed by atoms with E-state index in [1.165, 1.54) is 6.92 Å². The van der Waals surface area contributed by atoms with Gasteiger partial charge in [0.15, 0.2) is 0 Å². The van der Waals surface area contributed by atoms with Crippen LogP contribution in [0.15, 0.2) is 54.7 Å². The molecule has 0 aliphatic carbocycles. The molecular weight excluding hydrogens is 420 g/mol. The third kappa shape index (κ3) is 5.08. The molecule has 1 atom stereocenters. The lowest BCUT2D eigenvalue weighted by molar-refractivity contribution is -0.141. The molecule has 0 radical (unpaired) electrons. The summed E-state index contributed by atoms with van der Waals surface area (Å²) in [5.74, 6) is 0.0127. The summed E-state index contributed by atoms with van der Waals surface area (Å²) in [6.07, 6.45) is 1.26. The van der Waals surface area contributed by atoms with Crippen LogP contribution in [-0.2, 0) is 20.9 Å². The summed E-state index contributed by atoms with van der Waals surface area (Å²) in [7, 11) is 0. The molecule has 1 aliphatic heterocycles. The standard InChI is InChI=1S/C26H28N2O5/c1-17(29)31-16-19-14-28(25(30)33-26(2,3)4)21-13-22(32-15-18-9-6-5-7-10-18)24-20(23(19)21)11-8-12-27-24/h5-13,19H,14-16H2,1-4H3. The summed E-state index contributed by atoms with van der Waals surface area (Å²) in [4.78, 5) is 30.7. The van der Waals surface area contributed by atoms with Crippen LogP contribution in [0.4, 0.5) is 10.5 Å². The first-order chi connectivity index (χ1) is 15.7. The van der Waals surface area contributed by atoms with E-state index in [2.05, 4.69) is 4.98 Å². The van der Waals surface area contributed by atoms with Crippen molar-refractivity contribution in [3.05, 3.63) is 65.9 Å². The van der Waals surface area contributed by atoms with Crippen LogP contribution in [0.1, 0.15) is 44.7 Å². The van der Waals surface area contributed by atoms with E-state index in [1.54, 1.807) is 11.1 Å². The zero-order valence-electron chi connectivity index (χ0n) is 19.3. The number of hydrogen-bond donors (Lipinski definition) is 0. The van der Waals surface area contributed by atoms with E-state index in [9.17, 15) is 9.59 Å². The van der Waals surface area contributed by atoms with Crippen LogP contribution in [0.5, 0.6) is 5.75 Å². The molecule has 33 heavy (non-hydrogen) atoms. The Morgan fingerprint density at radius 2 is 1.88 bits per heavy atom.